The van der Waals surface area contributed by atoms with Gasteiger partial charge in [-0.15, -0.1) is 0 Å². The number of allylic oxidation sites excluding steroid dienone is 1. The number of anilines is 1. The summed E-state index contributed by atoms with van der Waals surface area (Å²) in [7, 11) is 0. The van der Waals surface area contributed by atoms with Crippen LogP contribution in [0.15, 0.2) is 36.2 Å². The minimum absolute atomic E-state index is 0.234. The Morgan fingerprint density at radius 3 is 2.84 bits per heavy atom. The largest absolute Gasteiger partial charge is 0.462 e. The maximum absolute atomic E-state index is 12.6. The molecule has 9 nitrogen and oxygen atoms in total. The fourth-order valence-corrected chi connectivity index (χ4v) is 2.75. The number of rotatable bonds is 4. The lowest BCUT2D eigenvalue weighted by molar-refractivity contribution is -0.129. The van der Waals surface area contributed by atoms with Crippen molar-refractivity contribution in [2.24, 2.45) is 0 Å². The molecule has 1 aromatic carbocycles. The van der Waals surface area contributed by atoms with E-state index < -0.39 is 24.0 Å². The van der Waals surface area contributed by atoms with Gasteiger partial charge in [0.1, 0.15) is 6.04 Å². The van der Waals surface area contributed by atoms with Crippen LogP contribution < -0.4 is 21.6 Å². The summed E-state index contributed by atoms with van der Waals surface area (Å²) in [6.07, 6.45) is 1.69. The molecule has 0 bridgehead atoms. The van der Waals surface area contributed by atoms with Gasteiger partial charge in [-0.2, -0.15) is 5.53 Å². The number of fused-ring (bicyclic) bond motifs is 1. The number of ether oxygens (including phenoxy) is 1. The van der Waals surface area contributed by atoms with Gasteiger partial charge in [0, 0.05) is 11.9 Å². The number of nitrogens with one attached hydrogen (secondary N) is 4. The second-order valence-electron chi connectivity index (χ2n) is 5.64. The van der Waals surface area contributed by atoms with Gasteiger partial charge in [0.05, 0.1) is 17.9 Å². The molecule has 2 unspecified atom stereocenters. The molecule has 3 rings (SSSR count). The third-order valence-electron chi connectivity index (χ3n) is 3.85. The van der Waals surface area contributed by atoms with Crippen LogP contribution in [0.4, 0.5) is 5.69 Å². The molecule has 9 heteroatoms. The summed E-state index contributed by atoms with van der Waals surface area (Å²) in [5.74, 6) is -1.26. The summed E-state index contributed by atoms with van der Waals surface area (Å²) in [6, 6.07) is 4.98. The predicted molar refractivity (Wildman–Crippen MR) is 88.6 cm³/mol. The fourth-order valence-electron chi connectivity index (χ4n) is 2.75. The van der Waals surface area contributed by atoms with E-state index >= 15 is 0 Å². The van der Waals surface area contributed by atoms with Gasteiger partial charge in [-0.05, 0) is 26.0 Å². The van der Waals surface area contributed by atoms with Gasteiger partial charge in [-0.3, -0.25) is 14.6 Å². The SMILES string of the molecule is CCOC(=O)c1ccccc1NC(=O)C1NNN2C=C(C)NC(=O)C12. The van der Waals surface area contributed by atoms with Crippen LogP contribution in [-0.4, -0.2) is 41.5 Å². The van der Waals surface area contributed by atoms with E-state index in [2.05, 4.69) is 21.6 Å². The maximum atomic E-state index is 12.6. The molecule has 1 aromatic rings. The van der Waals surface area contributed by atoms with Gasteiger partial charge in [0.15, 0.2) is 6.04 Å². The van der Waals surface area contributed by atoms with Crippen LogP contribution in [0, 0.1) is 0 Å². The topological polar surface area (TPSA) is 112 Å². The van der Waals surface area contributed by atoms with Crippen LogP contribution in [0.3, 0.4) is 0 Å². The molecule has 1 saturated heterocycles. The number of nitrogens with zero attached hydrogens (tertiary/aromatic N) is 1. The highest BCUT2D eigenvalue weighted by Crippen LogP contribution is 2.20. The molecule has 0 aromatic heterocycles. The van der Waals surface area contributed by atoms with E-state index in [4.69, 9.17) is 4.74 Å². The Hall–Kier alpha value is -2.91. The summed E-state index contributed by atoms with van der Waals surface area (Å²) in [5.41, 5.74) is 6.83. The molecule has 25 heavy (non-hydrogen) atoms. The number of hydrazine groups is 2. The first-order valence-electron chi connectivity index (χ1n) is 7.87. The van der Waals surface area contributed by atoms with E-state index in [0.29, 0.717) is 11.4 Å². The van der Waals surface area contributed by atoms with Crippen molar-refractivity contribution in [3.8, 4) is 0 Å². The Kier molecular flexibility index (Phi) is 4.68. The van der Waals surface area contributed by atoms with Gasteiger partial charge >= 0.3 is 5.97 Å². The van der Waals surface area contributed by atoms with Crippen LogP contribution in [-0.2, 0) is 14.3 Å². The van der Waals surface area contributed by atoms with Crippen LogP contribution in [0.1, 0.15) is 24.2 Å². The molecule has 2 heterocycles. The third-order valence-corrected chi connectivity index (χ3v) is 3.85. The minimum atomic E-state index is -0.834. The molecular formula is C16H19N5O4. The van der Waals surface area contributed by atoms with E-state index in [0.717, 1.165) is 0 Å². The van der Waals surface area contributed by atoms with Crippen molar-refractivity contribution < 1.29 is 19.1 Å². The normalized spacial score (nSPS) is 21.9. The molecule has 0 aliphatic carbocycles. The highest BCUT2D eigenvalue weighted by atomic mass is 16.5. The van der Waals surface area contributed by atoms with Crippen molar-refractivity contribution in [1.82, 2.24) is 21.3 Å². The number of hydrogen-bond acceptors (Lipinski definition) is 7. The van der Waals surface area contributed by atoms with Gasteiger partial charge in [0.2, 0.25) is 5.91 Å². The fraction of sp³-hybridized carbons (Fsp3) is 0.312. The van der Waals surface area contributed by atoms with Crippen molar-refractivity contribution in [3.05, 3.63) is 41.7 Å². The van der Waals surface area contributed by atoms with E-state index in [1.165, 1.54) is 5.01 Å². The van der Waals surface area contributed by atoms with Crippen LogP contribution in [0.2, 0.25) is 0 Å². The second-order valence-corrected chi connectivity index (χ2v) is 5.64. The van der Waals surface area contributed by atoms with Crippen molar-refractivity contribution in [1.29, 1.82) is 0 Å². The minimum Gasteiger partial charge on any atom is -0.462 e. The zero-order valence-corrected chi connectivity index (χ0v) is 13.8. The number of carbonyl (C=O) groups is 3. The zero-order chi connectivity index (χ0) is 18.0. The van der Waals surface area contributed by atoms with Crippen molar-refractivity contribution in [2.75, 3.05) is 11.9 Å². The number of hydrogen-bond donors (Lipinski definition) is 4. The Balaban J connectivity index is 1.78. The first-order valence-corrected chi connectivity index (χ1v) is 7.87. The predicted octanol–water partition coefficient (Wildman–Crippen LogP) is -0.145. The van der Waals surface area contributed by atoms with Crippen LogP contribution in [0.25, 0.3) is 0 Å². The Morgan fingerprint density at radius 1 is 1.32 bits per heavy atom. The number of para-hydroxylation sites is 1. The smallest absolute Gasteiger partial charge is 0.340 e. The molecule has 2 amide bonds. The van der Waals surface area contributed by atoms with Crippen molar-refractivity contribution in [2.45, 2.75) is 25.9 Å². The van der Waals surface area contributed by atoms with Crippen LogP contribution >= 0.6 is 0 Å². The molecule has 0 radical (unpaired) electrons. The highest BCUT2D eigenvalue weighted by molar-refractivity contribution is 6.05. The molecule has 4 N–H and O–H groups in total. The maximum Gasteiger partial charge on any atom is 0.340 e. The molecule has 0 saturated carbocycles. The van der Waals surface area contributed by atoms with E-state index in [-0.39, 0.29) is 18.1 Å². The first-order chi connectivity index (χ1) is 12.0. The van der Waals surface area contributed by atoms with Gasteiger partial charge < -0.3 is 15.4 Å². The summed E-state index contributed by atoms with van der Waals surface area (Å²) >= 11 is 0. The lowest BCUT2D eigenvalue weighted by Gasteiger charge is -2.28. The molecule has 0 spiro atoms. The van der Waals surface area contributed by atoms with E-state index in [9.17, 15) is 14.4 Å². The number of carbonyl (C=O) groups excluding carboxylic acids is 3. The number of benzene rings is 1. The number of esters is 1. The average molecular weight is 345 g/mol. The molecule has 1 fully saturated rings. The summed E-state index contributed by atoms with van der Waals surface area (Å²) < 4.78 is 4.99. The summed E-state index contributed by atoms with van der Waals surface area (Å²) in [6.45, 7) is 3.69. The first kappa shape index (κ1) is 16.9. The lowest BCUT2D eigenvalue weighted by Crippen LogP contribution is -2.54. The molecule has 2 aliphatic heterocycles. The standard InChI is InChI=1S/C16H19N5O4/c1-3-25-16(24)10-6-4-5-7-11(10)18-14(22)12-13-15(23)17-9(2)8-21(13)20-19-12/h4-8,12-13,19-20H,3H2,1-2H3,(H,17,23)(H,18,22). The molecule has 2 aliphatic rings. The quantitative estimate of drug-likeness (QED) is 0.562. The van der Waals surface area contributed by atoms with E-state index in [1.807, 2.05) is 0 Å². The Morgan fingerprint density at radius 2 is 2.08 bits per heavy atom. The third kappa shape index (κ3) is 3.32. The molecule has 132 valence electrons. The average Bonchev–Trinajstić information content (AvgIpc) is 2.99. The lowest BCUT2D eigenvalue weighted by atomic mass is 10.1. The van der Waals surface area contributed by atoms with Crippen LogP contribution in [0.5, 0.6) is 0 Å². The van der Waals surface area contributed by atoms with Gasteiger partial charge in [-0.1, -0.05) is 12.1 Å². The Labute approximate surface area is 144 Å². The van der Waals surface area contributed by atoms with E-state index in [1.54, 1.807) is 44.3 Å². The summed E-state index contributed by atoms with van der Waals surface area (Å²) in [4.78, 5) is 36.8. The summed E-state index contributed by atoms with van der Waals surface area (Å²) in [5, 5.41) is 6.92. The highest BCUT2D eigenvalue weighted by Gasteiger charge is 2.44. The Bertz CT molecular complexity index is 748. The van der Waals surface area contributed by atoms with Gasteiger partial charge in [0.25, 0.3) is 5.91 Å². The monoisotopic (exact) mass is 345 g/mol. The molecular weight excluding hydrogens is 326 g/mol. The number of amides is 2. The van der Waals surface area contributed by atoms with Gasteiger partial charge in [-0.25, -0.2) is 10.2 Å². The molecule has 2 atom stereocenters. The zero-order valence-electron chi connectivity index (χ0n) is 13.8. The second kappa shape index (κ2) is 6.91. The van der Waals surface area contributed by atoms with Crippen molar-refractivity contribution >= 4 is 23.5 Å². The van der Waals surface area contributed by atoms with Crippen molar-refractivity contribution in [3.63, 3.8) is 0 Å².